The molecule has 7 heteroatoms. The topological polar surface area (TPSA) is 40.5 Å². The van der Waals surface area contributed by atoms with Crippen LogP contribution in [0.15, 0.2) is 48.5 Å². The molecule has 1 fully saturated rings. The Morgan fingerprint density at radius 2 is 1.73 bits per heavy atom. The fourth-order valence-electron chi connectivity index (χ4n) is 4.78. The number of carboxylic acid groups (broad SMARTS) is 1. The second kappa shape index (κ2) is 11.2. The van der Waals surface area contributed by atoms with E-state index in [0.717, 1.165) is 47.1 Å². The van der Waals surface area contributed by atoms with Gasteiger partial charge in [0, 0.05) is 22.1 Å². The molecule has 3 nitrogen and oxygen atoms in total. The van der Waals surface area contributed by atoms with Crippen molar-refractivity contribution < 1.29 is 23.1 Å². The first-order valence-electron chi connectivity index (χ1n) is 11.4. The van der Waals surface area contributed by atoms with Gasteiger partial charge in [-0.15, -0.1) is 0 Å². The maximum Gasteiger partial charge on any atom is 0.416 e. The lowest BCUT2D eigenvalue weighted by Gasteiger charge is -2.44. The van der Waals surface area contributed by atoms with Crippen molar-refractivity contribution in [2.24, 2.45) is 11.8 Å². The van der Waals surface area contributed by atoms with Crippen LogP contribution < -0.4 is 0 Å². The van der Waals surface area contributed by atoms with Gasteiger partial charge in [-0.25, -0.2) is 0 Å². The van der Waals surface area contributed by atoms with Crippen molar-refractivity contribution in [2.45, 2.75) is 64.2 Å². The highest BCUT2D eigenvalue weighted by atomic mass is 127. The van der Waals surface area contributed by atoms with Gasteiger partial charge in [0.05, 0.1) is 5.56 Å². The Balaban J connectivity index is 1.96. The summed E-state index contributed by atoms with van der Waals surface area (Å²) >= 11 is 2.28. The van der Waals surface area contributed by atoms with Crippen LogP contribution in [0, 0.1) is 15.4 Å². The van der Waals surface area contributed by atoms with Crippen molar-refractivity contribution >= 4 is 28.6 Å². The third-order valence-corrected chi connectivity index (χ3v) is 7.23. The van der Waals surface area contributed by atoms with Crippen LogP contribution in [0.5, 0.6) is 0 Å². The molecule has 0 radical (unpaired) electrons. The van der Waals surface area contributed by atoms with E-state index in [0.29, 0.717) is 12.3 Å². The van der Waals surface area contributed by atoms with Crippen LogP contribution in [0.4, 0.5) is 13.2 Å². The fourth-order valence-corrected chi connectivity index (χ4v) is 5.14. The van der Waals surface area contributed by atoms with Gasteiger partial charge in [-0.05, 0) is 102 Å². The Labute approximate surface area is 207 Å². The smallest absolute Gasteiger partial charge is 0.416 e. The third kappa shape index (κ3) is 7.18. The highest BCUT2D eigenvalue weighted by Crippen LogP contribution is 2.43. The molecule has 3 rings (SSSR count). The number of rotatable bonds is 8. The minimum Gasteiger partial charge on any atom is -0.481 e. The van der Waals surface area contributed by atoms with Crippen molar-refractivity contribution in [3.05, 3.63) is 68.8 Å². The molecular weight excluding hydrogens is 542 g/mol. The van der Waals surface area contributed by atoms with Gasteiger partial charge < -0.3 is 5.11 Å². The SMILES string of the molecule is CC(C)CC[C@H](c1ccc(I)cc1)N1CC[C@H](CC(=O)O)C[C@H]1c1ccc(C(F)(F)F)cc1. The van der Waals surface area contributed by atoms with Crippen LogP contribution in [0.2, 0.25) is 0 Å². The van der Waals surface area contributed by atoms with Crippen molar-refractivity contribution in [2.75, 3.05) is 6.54 Å². The number of aliphatic carboxylic acids is 1. The number of benzene rings is 2. The maximum atomic E-state index is 13.1. The number of likely N-dealkylation sites (tertiary alicyclic amines) is 1. The standard InChI is InChI=1S/C26H31F3INO2/c1-17(2)3-12-23(19-6-10-22(30)11-7-19)31-14-13-18(16-25(32)33)15-24(31)20-4-8-21(9-5-20)26(27,28)29/h4-11,17-18,23-24H,3,12-16H2,1-2H3,(H,32,33)/t18-,23+,24-/m0/s1. The predicted molar refractivity (Wildman–Crippen MR) is 132 cm³/mol. The monoisotopic (exact) mass is 573 g/mol. The largest absolute Gasteiger partial charge is 0.481 e. The first-order chi connectivity index (χ1) is 15.5. The van der Waals surface area contributed by atoms with E-state index in [1.165, 1.54) is 5.56 Å². The summed E-state index contributed by atoms with van der Waals surface area (Å²) < 4.78 is 40.5. The molecule has 2 aromatic carbocycles. The second-order valence-electron chi connectivity index (χ2n) is 9.40. The van der Waals surface area contributed by atoms with Crippen LogP contribution >= 0.6 is 22.6 Å². The van der Waals surface area contributed by atoms with Gasteiger partial charge in [-0.1, -0.05) is 38.1 Å². The van der Waals surface area contributed by atoms with Crippen LogP contribution in [0.1, 0.15) is 74.7 Å². The number of hydrogen-bond acceptors (Lipinski definition) is 2. The summed E-state index contributed by atoms with van der Waals surface area (Å²) in [7, 11) is 0. The normalized spacial score (nSPS) is 20.7. The fraction of sp³-hybridized carbons (Fsp3) is 0.500. The van der Waals surface area contributed by atoms with Gasteiger partial charge in [0.1, 0.15) is 0 Å². The van der Waals surface area contributed by atoms with E-state index in [9.17, 15) is 23.1 Å². The molecule has 1 N–H and O–H groups in total. The summed E-state index contributed by atoms with van der Waals surface area (Å²) in [5.41, 5.74) is 1.35. The molecule has 0 saturated carbocycles. The minimum atomic E-state index is -4.38. The first kappa shape index (κ1) is 26.0. The van der Waals surface area contributed by atoms with E-state index in [4.69, 9.17) is 0 Å². The van der Waals surface area contributed by atoms with Crippen LogP contribution in [-0.2, 0) is 11.0 Å². The molecule has 1 aliphatic heterocycles. The van der Waals surface area contributed by atoms with Gasteiger partial charge in [-0.2, -0.15) is 13.2 Å². The lowest BCUT2D eigenvalue weighted by molar-refractivity contribution is -0.139. The molecule has 1 saturated heterocycles. The van der Waals surface area contributed by atoms with Crippen molar-refractivity contribution in [3.8, 4) is 0 Å². The second-order valence-corrected chi connectivity index (χ2v) is 10.6. The molecule has 0 aliphatic carbocycles. The molecule has 1 aliphatic rings. The zero-order chi connectivity index (χ0) is 24.2. The number of alkyl halides is 3. The van der Waals surface area contributed by atoms with Gasteiger partial charge in [0.25, 0.3) is 0 Å². The molecule has 0 aromatic heterocycles. The van der Waals surface area contributed by atoms with E-state index >= 15 is 0 Å². The molecule has 33 heavy (non-hydrogen) atoms. The van der Waals surface area contributed by atoms with Gasteiger partial charge >= 0.3 is 12.1 Å². The number of piperidine rings is 1. The average molecular weight is 573 g/mol. The molecule has 180 valence electrons. The van der Waals surface area contributed by atoms with Crippen LogP contribution in [-0.4, -0.2) is 22.5 Å². The van der Waals surface area contributed by atoms with E-state index in [1.807, 2.05) is 0 Å². The van der Waals surface area contributed by atoms with Crippen molar-refractivity contribution in [3.63, 3.8) is 0 Å². The molecule has 0 spiro atoms. The molecule has 2 aromatic rings. The summed E-state index contributed by atoms with van der Waals surface area (Å²) in [4.78, 5) is 13.8. The van der Waals surface area contributed by atoms with E-state index in [1.54, 1.807) is 12.1 Å². The summed E-state index contributed by atoms with van der Waals surface area (Å²) in [6.07, 6.45) is -0.917. The quantitative estimate of drug-likeness (QED) is 0.329. The average Bonchev–Trinajstić information content (AvgIpc) is 2.74. The minimum absolute atomic E-state index is 0.00788. The van der Waals surface area contributed by atoms with Crippen molar-refractivity contribution in [1.82, 2.24) is 4.90 Å². The van der Waals surface area contributed by atoms with E-state index < -0.39 is 17.7 Å². The van der Waals surface area contributed by atoms with Gasteiger partial charge in [-0.3, -0.25) is 9.69 Å². The molecule has 0 unspecified atom stereocenters. The third-order valence-electron chi connectivity index (χ3n) is 6.51. The van der Waals surface area contributed by atoms with E-state index in [-0.39, 0.29) is 24.4 Å². The summed E-state index contributed by atoms with van der Waals surface area (Å²) in [5, 5.41) is 9.33. The van der Waals surface area contributed by atoms with E-state index in [2.05, 4.69) is 65.6 Å². The zero-order valence-corrected chi connectivity index (χ0v) is 21.1. The molecule has 0 bridgehead atoms. The Kier molecular flexibility index (Phi) is 8.83. The Morgan fingerprint density at radius 3 is 2.27 bits per heavy atom. The van der Waals surface area contributed by atoms with Gasteiger partial charge in [0.15, 0.2) is 0 Å². The number of nitrogens with zero attached hydrogens (tertiary/aromatic N) is 1. The highest BCUT2D eigenvalue weighted by Gasteiger charge is 2.36. The predicted octanol–water partition coefficient (Wildman–Crippen LogP) is 7.72. The van der Waals surface area contributed by atoms with Crippen LogP contribution in [0.25, 0.3) is 0 Å². The van der Waals surface area contributed by atoms with Gasteiger partial charge in [0.2, 0.25) is 0 Å². The Hall–Kier alpha value is -1.61. The lowest BCUT2D eigenvalue weighted by atomic mass is 9.82. The Bertz CT molecular complexity index is 913. The molecule has 3 atom stereocenters. The zero-order valence-electron chi connectivity index (χ0n) is 19.0. The number of halogens is 4. The number of carboxylic acids is 1. The summed E-state index contributed by atoms with van der Waals surface area (Å²) in [6, 6.07) is 13.9. The highest BCUT2D eigenvalue weighted by molar-refractivity contribution is 14.1. The lowest BCUT2D eigenvalue weighted by Crippen LogP contribution is -2.40. The Morgan fingerprint density at radius 1 is 1.09 bits per heavy atom. The molecule has 1 heterocycles. The van der Waals surface area contributed by atoms with Crippen LogP contribution in [0.3, 0.4) is 0 Å². The van der Waals surface area contributed by atoms with Crippen molar-refractivity contribution in [1.29, 1.82) is 0 Å². The molecular formula is C26H31F3INO2. The summed E-state index contributed by atoms with van der Waals surface area (Å²) in [6.45, 7) is 5.10. The number of hydrogen-bond donors (Lipinski definition) is 1. The maximum absolute atomic E-state index is 13.1. The summed E-state index contributed by atoms with van der Waals surface area (Å²) in [5.74, 6) is -0.285. The number of carbonyl (C=O) groups is 1. The first-order valence-corrected chi connectivity index (χ1v) is 12.5. The molecule has 0 amide bonds.